The molecule has 1 aromatic carbocycles. The van der Waals surface area contributed by atoms with Crippen LogP contribution in [0.1, 0.15) is 44.2 Å². The third kappa shape index (κ3) is 3.00. The van der Waals surface area contributed by atoms with E-state index in [1.54, 1.807) is 19.1 Å². The molecule has 0 radical (unpaired) electrons. The zero-order valence-electron chi connectivity index (χ0n) is 10.6. The highest BCUT2D eigenvalue weighted by Gasteiger charge is 2.25. The minimum Gasteiger partial charge on any atom is -0.485 e. The first kappa shape index (κ1) is 13.3. The van der Waals surface area contributed by atoms with E-state index in [1.807, 2.05) is 0 Å². The fourth-order valence-electron chi connectivity index (χ4n) is 2.27. The van der Waals surface area contributed by atoms with Gasteiger partial charge in [0.05, 0.1) is 6.10 Å². The summed E-state index contributed by atoms with van der Waals surface area (Å²) in [6.07, 6.45) is 2.73. The SMILES string of the molecule is C[C@H](N)c1ccc(OC2CCCCC2O)c(F)c1. The fraction of sp³-hybridized carbons (Fsp3) is 0.571. The van der Waals surface area contributed by atoms with Gasteiger partial charge in [-0.2, -0.15) is 0 Å². The summed E-state index contributed by atoms with van der Waals surface area (Å²) in [5.74, 6) is -0.215. The highest BCUT2D eigenvalue weighted by Crippen LogP contribution is 2.27. The summed E-state index contributed by atoms with van der Waals surface area (Å²) in [7, 11) is 0. The largest absolute Gasteiger partial charge is 0.485 e. The molecule has 0 spiro atoms. The Labute approximate surface area is 107 Å². The smallest absolute Gasteiger partial charge is 0.165 e. The lowest BCUT2D eigenvalue weighted by Gasteiger charge is -2.28. The topological polar surface area (TPSA) is 55.5 Å². The summed E-state index contributed by atoms with van der Waals surface area (Å²) in [4.78, 5) is 0. The first-order chi connectivity index (χ1) is 8.58. The summed E-state index contributed by atoms with van der Waals surface area (Å²) >= 11 is 0. The number of nitrogens with two attached hydrogens (primary N) is 1. The maximum Gasteiger partial charge on any atom is 0.165 e. The van der Waals surface area contributed by atoms with Crippen molar-refractivity contribution in [1.29, 1.82) is 0 Å². The molecule has 3 N–H and O–H groups in total. The van der Waals surface area contributed by atoms with Gasteiger partial charge >= 0.3 is 0 Å². The van der Waals surface area contributed by atoms with Crippen molar-refractivity contribution in [3.63, 3.8) is 0 Å². The first-order valence-electron chi connectivity index (χ1n) is 6.47. The molecule has 1 aliphatic rings. The van der Waals surface area contributed by atoms with Crippen LogP contribution in [-0.4, -0.2) is 17.3 Å². The van der Waals surface area contributed by atoms with Crippen molar-refractivity contribution in [1.82, 2.24) is 0 Å². The summed E-state index contributed by atoms with van der Waals surface area (Å²) < 4.78 is 19.4. The predicted molar refractivity (Wildman–Crippen MR) is 67.9 cm³/mol. The van der Waals surface area contributed by atoms with Gasteiger partial charge in [0, 0.05) is 6.04 Å². The van der Waals surface area contributed by atoms with Crippen LogP contribution in [0.4, 0.5) is 4.39 Å². The molecule has 4 heteroatoms. The molecule has 3 atom stereocenters. The molecular formula is C14H20FNO2. The number of aliphatic hydroxyl groups is 1. The Morgan fingerprint density at radius 2 is 2.11 bits per heavy atom. The third-order valence-electron chi connectivity index (χ3n) is 3.43. The van der Waals surface area contributed by atoms with Crippen molar-refractivity contribution >= 4 is 0 Å². The van der Waals surface area contributed by atoms with E-state index in [9.17, 15) is 9.50 Å². The Hall–Kier alpha value is -1.13. The number of rotatable bonds is 3. The van der Waals surface area contributed by atoms with Crippen LogP contribution in [-0.2, 0) is 0 Å². The third-order valence-corrected chi connectivity index (χ3v) is 3.43. The lowest BCUT2D eigenvalue weighted by atomic mass is 9.95. The van der Waals surface area contributed by atoms with E-state index in [0.29, 0.717) is 0 Å². The standard InChI is InChI=1S/C14H20FNO2/c1-9(16)10-6-7-13(11(15)8-10)18-14-5-3-2-4-12(14)17/h6-9,12,14,17H,2-5,16H2,1H3/t9-,12?,14?/m0/s1. The zero-order valence-corrected chi connectivity index (χ0v) is 10.6. The zero-order chi connectivity index (χ0) is 13.1. The van der Waals surface area contributed by atoms with Crippen molar-refractivity contribution in [3.05, 3.63) is 29.6 Å². The summed E-state index contributed by atoms with van der Waals surface area (Å²) in [6.45, 7) is 1.81. The fourth-order valence-corrected chi connectivity index (χ4v) is 2.27. The first-order valence-corrected chi connectivity index (χ1v) is 6.47. The van der Waals surface area contributed by atoms with E-state index in [0.717, 1.165) is 31.2 Å². The minimum absolute atomic E-state index is 0.199. The van der Waals surface area contributed by atoms with Gasteiger partial charge in [-0.1, -0.05) is 12.5 Å². The van der Waals surface area contributed by atoms with Crippen LogP contribution in [0.15, 0.2) is 18.2 Å². The molecule has 1 aliphatic carbocycles. The molecule has 0 heterocycles. The van der Waals surface area contributed by atoms with Gasteiger partial charge in [-0.15, -0.1) is 0 Å². The second kappa shape index (κ2) is 5.67. The van der Waals surface area contributed by atoms with Gasteiger partial charge in [0.25, 0.3) is 0 Å². The Morgan fingerprint density at radius 3 is 2.72 bits per heavy atom. The molecule has 3 nitrogen and oxygen atoms in total. The molecule has 18 heavy (non-hydrogen) atoms. The molecule has 0 aromatic heterocycles. The molecule has 100 valence electrons. The number of halogens is 1. The molecule has 0 bridgehead atoms. The highest BCUT2D eigenvalue weighted by atomic mass is 19.1. The summed E-state index contributed by atoms with van der Waals surface area (Å²) in [5, 5.41) is 9.80. The van der Waals surface area contributed by atoms with Crippen LogP contribution >= 0.6 is 0 Å². The average molecular weight is 253 g/mol. The van der Waals surface area contributed by atoms with Gasteiger partial charge in [0.15, 0.2) is 11.6 Å². The lowest BCUT2D eigenvalue weighted by Crippen LogP contribution is -2.34. The summed E-state index contributed by atoms with van der Waals surface area (Å²) in [5.41, 5.74) is 6.43. The van der Waals surface area contributed by atoms with E-state index in [2.05, 4.69) is 0 Å². The van der Waals surface area contributed by atoms with Crippen LogP contribution in [0.2, 0.25) is 0 Å². The van der Waals surface area contributed by atoms with Crippen LogP contribution in [0.25, 0.3) is 0 Å². The molecule has 2 unspecified atom stereocenters. The maximum atomic E-state index is 13.8. The van der Waals surface area contributed by atoms with Crippen LogP contribution < -0.4 is 10.5 Å². The van der Waals surface area contributed by atoms with Crippen molar-refractivity contribution in [2.24, 2.45) is 5.73 Å². The van der Waals surface area contributed by atoms with Gasteiger partial charge < -0.3 is 15.6 Å². The van der Waals surface area contributed by atoms with Crippen LogP contribution in [0, 0.1) is 5.82 Å². The second-order valence-corrected chi connectivity index (χ2v) is 4.99. The monoisotopic (exact) mass is 253 g/mol. The highest BCUT2D eigenvalue weighted by molar-refractivity contribution is 5.31. The van der Waals surface area contributed by atoms with E-state index >= 15 is 0 Å². The average Bonchev–Trinajstić information content (AvgIpc) is 2.34. The quantitative estimate of drug-likeness (QED) is 0.870. The van der Waals surface area contributed by atoms with E-state index in [-0.39, 0.29) is 17.9 Å². The molecule has 1 aromatic rings. The van der Waals surface area contributed by atoms with Crippen LogP contribution in [0.5, 0.6) is 5.75 Å². The number of ether oxygens (including phenoxy) is 1. The molecule has 1 fully saturated rings. The van der Waals surface area contributed by atoms with Crippen LogP contribution in [0.3, 0.4) is 0 Å². The van der Waals surface area contributed by atoms with Gasteiger partial charge in [-0.25, -0.2) is 4.39 Å². The Bertz CT molecular complexity index is 409. The Morgan fingerprint density at radius 1 is 1.39 bits per heavy atom. The Balaban J connectivity index is 2.09. The normalized spacial score (nSPS) is 25.8. The minimum atomic E-state index is -0.494. The predicted octanol–water partition coefficient (Wildman–Crippen LogP) is 2.53. The number of hydrogen-bond acceptors (Lipinski definition) is 3. The van der Waals surface area contributed by atoms with Crippen molar-refractivity contribution < 1.29 is 14.2 Å². The van der Waals surface area contributed by atoms with E-state index < -0.39 is 11.9 Å². The van der Waals surface area contributed by atoms with Gasteiger partial charge in [0.2, 0.25) is 0 Å². The molecule has 0 aliphatic heterocycles. The number of benzene rings is 1. The summed E-state index contributed by atoms with van der Waals surface area (Å²) in [6, 6.07) is 4.55. The van der Waals surface area contributed by atoms with Gasteiger partial charge in [-0.05, 0) is 43.9 Å². The maximum absolute atomic E-state index is 13.8. The Kier molecular flexibility index (Phi) is 4.19. The van der Waals surface area contributed by atoms with Crippen molar-refractivity contribution in [2.75, 3.05) is 0 Å². The van der Waals surface area contributed by atoms with Gasteiger partial charge in [-0.3, -0.25) is 0 Å². The molecule has 2 rings (SSSR count). The lowest BCUT2D eigenvalue weighted by molar-refractivity contribution is 0.00498. The number of hydrogen-bond donors (Lipinski definition) is 2. The van der Waals surface area contributed by atoms with E-state index in [1.165, 1.54) is 6.07 Å². The second-order valence-electron chi connectivity index (χ2n) is 4.99. The van der Waals surface area contributed by atoms with E-state index in [4.69, 9.17) is 10.5 Å². The molecule has 0 saturated heterocycles. The molecule has 1 saturated carbocycles. The van der Waals surface area contributed by atoms with Gasteiger partial charge in [0.1, 0.15) is 6.10 Å². The number of aliphatic hydroxyl groups excluding tert-OH is 1. The van der Waals surface area contributed by atoms with Crippen molar-refractivity contribution in [2.45, 2.75) is 50.9 Å². The molecular weight excluding hydrogens is 233 g/mol. The van der Waals surface area contributed by atoms with Crippen molar-refractivity contribution in [3.8, 4) is 5.75 Å². The molecule has 0 amide bonds.